The Kier molecular flexibility index (Phi) is 6.81. The Morgan fingerprint density at radius 2 is 1.65 bits per heavy atom. The van der Waals surface area contributed by atoms with Crippen molar-refractivity contribution < 1.29 is 24.2 Å². The third kappa shape index (κ3) is 4.88. The van der Waals surface area contributed by atoms with Crippen LogP contribution < -0.4 is 9.64 Å². The molecule has 4 aliphatic rings. The number of amides is 1. The zero-order valence-electron chi connectivity index (χ0n) is 23.0. The molecule has 0 radical (unpaired) electrons. The fourth-order valence-corrected chi connectivity index (χ4v) is 6.97. The van der Waals surface area contributed by atoms with Crippen LogP contribution in [0.25, 0.3) is 0 Å². The number of carbonyl (C=O) groups is 2. The minimum atomic E-state index is -0.935. The number of carboxylic acid groups (broad SMARTS) is 1. The summed E-state index contributed by atoms with van der Waals surface area (Å²) in [5, 5.41) is 10.1. The Balaban J connectivity index is 1.46. The van der Waals surface area contributed by atoms with E-state index >= 15 is 0 Å². The average molecular weight is 515 g/mol. The summed E-state index contributed by atoms with van der Waals surface area (Å²) in [6, 6.07) is 6.51. The van der Waals surface area contributed by atoms with Gasteiger partial charge in [-0.2, -0.15) is 0 Å². The largest absolute Gasteiger partial charge is 0.478 e. The normalized spacial score (nSPS) is 32.6. The van der Waals surface area contributed by atoms with Crippen LogP contribution in [-0.2, 0) is 4.74 Å². The lowest BCUT2D eigenvalue weighted by molar-refractivity contribution is -0.0722. The molecule has 204 valence electrons. The van der Waals surface area contributed by atoms with Crippen molar-refractivity contribution in [1.29, 1.82) is 0 Å². The molecular formula is C28H42N4O5. The maximum Gasteiger partial charge on any atom is 0.410 e. The van der Waals surface area contributed by atoms with Gasteiger partial charge in [0.2, 0.25) is 6.35 Å². The van der Waals surface area contributed by atoms with E-state index in [1.165, 1.54) is 19.3 Å². The first kappa shape index (κ1) is 26.1. The van der Waals surface area contributed by atoms with Gasteiger partial charge in [0.15, 0.2) is 0 Å². The molecule has 1 amide bonds. The molecule has 4 heterocycles. The van der Waals surface area contributed by atoms with E-state index in [9.17, 15) is 14.7 Å². The van der Waals surface area contributed by atoms with Crippen LogP contribution in [0, 0.1) is 0 Å². The van der Waals surface area contributed by atoms with Crippen molar-refractivity contribution in [1.82, 2.24) is 14.7 Å². The number of anilines is 1. The molecule has 0 aliphatic carbocycles. The Labute approximate surface area is 220 Å². The second-order valence-electron chi connectivity index (χ2n) is 12.4. The first-order valence-corrected chi connectivity index (χ1v) is 13.7. The summed E-state index contributed by atoms with van der Waals surface area (Å²) in [4.78, 5) is 34.1. The molecule has 5 rings (SSSR count). The lowest BCUT2D eigenvalue weighted by atomic mass is 9.81. The molecule has 37 heavy (non-hydrogen) atoms. The number of aromatic carboxylic acids is 1. The fourth-order valence-electron chi connectivity index (χ4n) is 6.97. The topological polar surface area (TPSA) is 85.8 Å². The number of benzene rings is 1. The Morgan fingerprint density at radius 1 is 1.03 bits per heavy atom. The first-order chi connectivity index (χ1) is 17.4. The molecule has 9 heteroatoms. The van der Waals surface area contributed by atoms with Crippen LogP contribution in [0.5, 0.6) is 5.75 Å². The lowest BCUT2D eigenvalue weighted by Crippen LogP contribution is -2.67. The molecule has 9 nitrogen and oxygen atoms in total. The van der Waals surface area contributed by atoms with Crippen LogP contribution in [0.2, 0.25) is 0 Å². The average Bonchev–Trinajstić information content (AvgIpc) is 3.16. The lowest BCUT2D eigenvalue weighted by Gasteiger charge is -2.53. The zero-order chi connectivity index (χ0) is 26.6. The SMILES string of the molecule is C[C@H]1CN(C(=O)OC(C)(C)C)C[C@H](C)N1C1Oc2cccc(C(=O)O)c2N1C1CC2CCCC(C1)N2C. The second kappa shape index (κ2) is 9.66. The highest BCUT2D eigenvalue weighted by atomic mass is 16.6. The van der Waals surface area contributed by atoms with E-state index in [1.54, 1.807) is 17.0 Å². The standard InChI is InChI=1S/C28H42N4O5/c1-17-15-30(27(35)37-28(3,4)5)16-18(2)31(17)26-32(21-13-19-9-7-10-20(14-21)29(19)6)24-22(25(33)34)11-8-12-23(24)36-26/h8,11-12,17-21,26H,7,9-10,13-16H2,1-6H3,(H,33,34)/t17-,18-,19?,20?,21?,26?/m0/s1. The molecule has 1 N–H and O–H groups in total. The van der Waals surface area contributed by atoms with Crippen molar-refractivity contribution in [3.05, 3.63) is 23.8 Å². The third-order valence-corrected chi connectivity index (χ3v) is 8.56. The maximum atomic E-state index is 12.9. The summed E-state index contributed by atoms with van der Waals surface area (Å²) in [5.41, 5.74) is 0.436. The number of carbonyl (C=O) groups excluding carboxylic acids is 1. The van der Waals surface area contributed by atoms with E-state index < -0.39 is 17.9 Å². The Morgan fingerprint density at radius 3 is 2.22 bits per heavy atom. The highest BCUT2D eigenvalue weighted by molar-refractivity contribution is 5.97. The molecular weight excluding hydrogens is 472 g/mol. The number of piperazine rings is 1. The number of ether oxygens (including phenoxy) is 2. The molecule has 4 aliphatic heterocycles. The van der Waals surface area contributed by atoms with Crippen molar-refractivity contribution in [2.75, 3.05) is 25.0 Å². The van der Waals surface area contributed by atoms with Crippen molar-refractivity contribution >= 4 is 17.7 Å². The highest BCUT2D eigenvalue weighted by Crippen LogP contribution is 2.47. The van der Waals surface area contributed by atoms with Gasteiger partial charge in [0.1, 0.15) is 11.4 Å². The summed E-state index contributed by atoms with van der Waals surface area (Å²) in [7, 11) is 2.24. The number of hydrogen-bond acceptors (Lipinski definition) is 7. The minimum Gasteiger partial charge on any atom is -0.478 e. The van der Waals surface area contributed by atoms with Gasteiger partial charge < -0.3 is 29.3 Å². The van der Waals surface area contributed by atoms with Crippen LogP contribution in [0.1, 0.15) is 77.1 Å². The van der Waals surface area contributed by atoms with E-state index in [4.69, 9.17) is 9.47 Å². The van der Waals surface area contributed by atoms with Crippen LogP contribution >= 0.6 is 0 Å². The quantitative estimate of drug-likeness (QED) is 0.642. The Bertz CT molecular complexity index is 1020. The summed E-state index contributed by atoms with van der Waals surface area (Å²) >= 11 is 0. The summed E-state index contributed by atoms with van der Waals surface area (Å²) in [6.07, 6.45) is 4.87. The van der Waals surface area contributed by atoms with E-state index in [2.05, 4.69) is 35.6 Å². The molecule has 1 aromatic rings. The van der Waals surface area contributed by atoms with Gasteiger partial charge in [-0.3, -0.25) is 0 Å². The molecule has 0 saturated carbocycles. The van der Waals surface area contributed by atoms with Gasteiger partial charge in [-0.1, -0.05) is 12.5 Å². The molecule has 3 fully saturated rings. The van der Waals surface area contributed by atoms with Gasteiger partial charge in [0, 0.05) is 43.3 Å². The third-order valence-electron chi connectivity index (χ3n) is 8.56. The maximum absolute atomic E-state index is 12.9. The predicted octanol–water partition coefficient (Wildman–Crippen LogP) is 4.21. The predicted molar refractivity (Wildman–Crippen MR) is 141 cm³/mol. The molecule has 5 atom stereocenters. The summed E-state index contributed by atoms with van der Waals surface area (Å²) in [6.45, 7) is 10.9. The van der Waals surface area contributed by atoms with E-state index in [1.807, 2.05) is 26.8 Å². The van der Waals surface area contributed by atoms with Crippen molar-refractivity contribution in [2.45, 2.75) is 109 Å². The van der Waals surface area contributed by atoms with Crippen molar-refractivity contribution in [3.8, 4) is 5.75 Å². The van der Waals surface area contributed by atoms with Gasteiger partial charge >= 0.3 is 12.1 Å². The fraction of sp³-hybridized carbons (Fsp3) is 0.714. The number of carboxylic acids is 1. The number of nitrogens with zero attached hydrogens (tertiary/aromatic N) is 4. The van der Waals surface area contributed by atoms with E-state index in [0.29, 0.717) is 36.6 Å². The number of piperidine rings is 2. The number of hydrogen-bond donors (Lipinski definition) is 1. The van der Waals surface area contributed by atoms with Crippen LogP contribution in [0.4, 0.5) is 10.5 Å². The Hall–Kier alpha value is -2.52. The smallest absolute Gasteiger partial charge is 0.410 e. The van der Waals surface area contributed by atoms with Crippen molar-refractivity contribution in [3.63, 3.8) is 0 Å². The van der Waals surface area contributed by atoms with Crippen LogP contribution in [-0.4, -0.2) is 94.2 Å². The van der Waals surface area contributed by atoms with Gasteiger partial charge in [0.25, 0.3) is 0 Å². The summed E-state index contributed by atoms with van der Waals surface area (Å²) < 4.78 is 12.3. The van der Waals surface area contributed by atoms with Gasteiger partial charge in [0.05, 0.1) is 11.3 Å². The molecule has 1 aromatic carbocycles. The zero-order valence-corrected chi connectivity index (χ0v) is 23.0. The molecule has 2 bridgehead atoms. The molecule has 3 saturated heterocycles. The number of rotatable bonds is 3. The minimum absolute atomic E-state index is 0.00266. The highest BCUT2D eigenvalue weighted by Gasteiger charge is 2.49. The van der Waals surface area contributed by atoms with Gasteiger partial charge in [-0.25, -0.2) is 14.5 Å². The monoisotopic (exact) mass is 514 g/mol. The number of fused-ring (bicyclic) bond motifs is 3. The first-order valence-electron chi connectivity index (χ1n) is 13.7. The van der Waals surface area contributed by atoms with Crippen LogP contribution in [0.3, 0.4) is 0 Å². The van der Waals surface area contributed by atoms with E-state index in [-0.39, 0.29) is 29.8 Å². The molecule has 0 aromatic heterocycles. The van der Waals surface area contributed by atoms with E-state index in [0.717, 1.165) is 12.8 Å². The molecule has 3 unspecified atom stereocenters. The van der Waals surface area contributed by atoms with Gasteiger partial charge in [-0.15, -0.1) is 0 Å². The number of para-hydroxylation sites is 1. The molecule has 0 spiro atoms. The second-order valence-corrected chi connectivity index (χ2v) is 12.4. The van der Waals surface area contributed by atoms with Crippen molar-refractivity contribution in [2.24, 2.45) is 0 Å². The summed E-state index contributed by atoms with van der Waals surface area (Å²) in [5.74, 6) is -0.307. The van der Waals surface area contributed by atoms with Crippen LogP contribution in [0.15, 0.2) is 18.2 Å². The van der Waals surface area contributed by atoms with Gasteiger partial charge in [-0.05, 0) is 79.5 Å².